The smallest absolute Gasteiger partial charge is 0.327 e. The summed E-state index contributed by atoms with van der Waals surface area (Å²) in [5, 5.41) is 100. The Bertz CT molecular complexity index is 3940. The number of benzene rings is 4. The number of thioether (sulfide) groups is 1. The maximum atomic E-state index is 15.0. The number of carboxylic acid groups (broad SMARTS) is 2. The van der Waals surface area contributed by atoms with Crippen LogP contribution in [0.15, 0.2) is 103 Å². The highest BCUT2D eigenvalue weighted by molar-refractivity contribution is 7.98. The number of thiol groups is 2. The van der Waals surface area contributed by atoms with E-state index in [9.17, 15) is 93.3 Å². The minimum Gasteiger partial charge on any atom is -0.508 e. The lowest BCUT2D eigenvalue weighted by Gasteiger charge is -2.30. The third-order valence-corrected chi connectivity index (χ3v) is 18.7. The molecule has 5 aromatic rings. The number of hydrogen-bond acceptors (Lipinski definition) is 22. The molecule has 0 aliphatic rings. The topological polar surface area (TPSA) is 538 Å². The van der Waals surface area contributed by atoms with Gasteiger partial charge in [-0.15, -0.1) is 0 Å². The molecule has 1 aromatic heterocycles. The number of aromatic nitrogens is 1. The average Bonchev–Trinajstić information content (AvgIpc) is 1.76. The second-order valence-electron chi connectivity index (χ2n) is 27.0. The number of aliphatic carboxylic acids is 2. The van der Waals surface area contributed by atoms with Crippen LogP contribution in [-0.2, 0) is 88.0 Å². The van der Waals surface area contributed by atoms with Gasteiger partial charge in [-0.1, -0.05) is 82.3 Å². The summed E-state index contributed by atoms with van der Waals surface area (Å²) in [6.45, 7) is 8.93. The summed E-state index contributed by atoms with van der Waals surface area (Å²) in [7, 11) is 0. The average molecular weight is 1570 g/mol. The first-order chi connectivity index (χ1) is 51.5. The number of H-pyrrole nitrogens is 1. The Morgan fingerprint density at radius 2 is 0.789 bits per heavy atom. The van der Waals surface area contributed by atoms with Crippen molar-refractivity contribution in [3.63, 3.8) is 0 Å². The molecule has 0 aliphatic carbocycles. The molecule has 0 saturated heterocycles. The summed E-state index contributed by atoms with van der Waals surface area (Å²) in [5.41, 5.74) is 8.08. The Morgan fingerprint density at radius 3 is 1.19 bits per heavy atom. The predicted octanol–water partition coefficient (Wildman–Crippen LogP) is -0.759. The minimum atomic E-state index is -1.91. The highest BCUT2D eigenvalue weighted by Gasteiger charge is 2.39. The SMILES string of the molecule is CSCC[C@H](NC(=O)[C@H](Cc1ccc(O)cc1)NC(=O)[C@@H](NC(=O)[C@H](CCC(=O)O)NC(=O)[C@@H](N)CS)[C@@H](C)O)C(=O)N[C@H](C(=O)N[C@@H](Cc1ccc(O)cc1)C(=O)N[C@H](C(=O)N[C@@H](Cc1ccc(O)cc1)C(=O)N[C@@H](Cc1c[nH]c2ccccc12)C(=O)N[C@@H](CC(C)C)C(=O)N[C@@H](CS)C(=O)O)C(C)C)[C@@H](C)O. The second kappa shape index (κ2) is 43.8. The van der Waals surface area contributed by atoms with E-state index in [1.807, 2.05) is 0 Å². The van der Waals surface area contributed by atoms with Crippen LogP contribution >= 0.6 is 37.0 Å². The molecule has 0 bridgehead atoms. The van der Waals surface area contributed by atoms with Crippen molar-refractivity contribution in [2.75, 3.05) is 23.5 Å². The monoisotopic (exact) mass is 1570 g/mol. The molecule has 33 nitrogen and oxygen atoms in total. The van der Waals surface area contributed by atoms with Gasteiger partial charge in [0, 0.05) is 60.7 Å². The van der Waals surface area contributed by atoms with Gasteiger partial charge in [0.1, 0.15) is 83.7 Å². The van der Waals surface area contributed by atoms with Gasteiger partial charge >= 0.3 is 11.9 Å². The number of aliphatic hydroxyl groups excluding tert-OH is 2. The number of aliphatic hydroxyl groups is 2. The Hall–Kier alpha value is -10.1. The van der Waals surface area contributed by atoms with E-state index in [1.165, 1.54) is 84.6 Å². The largest absolute Gasteiger partial charge is 0.508 e. The van der Waals surface area contributed by atoms with Crippen molar-refractivity contribution in [1.82, 2.24) is 63.5 Å². The molecule has 11 amide bonds. The van der Waals surface area contributed by atoms with Crippen LogP contribution in [0.25, 0.3) is 10.9 Å². The molecule has 0 fully saturated rings. The van der Waals surface area contributed by atoms with Gasteiger partial charge in [0.2, 0.25) is 65.0 Å². The summed E-state index contributed by atoms with van der Waals surface area (Å²) < 4.78 is 0. The van der Waals surface area contributed by atoms with E-state index >= 15 is 4.79 Å². The Morgan fingerprint density at radius 1 is 0.431 bits per heavy atom. The molecule has 4 aromatic carbocycles. The lowest BCUT2D eigenvalue weighted by atomic mass is 9.98. The molecule has 0 saturated carbocycles. The molecule has 21 N–H and O–H groups in total. The number of para-hydroxylation sites is 1. The van der Waals surface area contributed by atoms with E-state index < -0.39 is 180 Å². The highest BCUT2D eigenvalue weighted by atomic mass is 32.2. The first kappa shape index (κ1) is 89.5. The Balaban J connectivity index is 1.45. The fraction of sp³-hybridized carbons (Fsp3) is 0.466. The first-order valence-corrected chi connectivity index (χ1v) is 37.7. The van der Waals surface area contributed by atoms with E-state index in [1.54, 1.807) is 64.4 Å². The molecule has 594 valence electrons. The number of carboxylic acids is 2. The van der Waals surface area contributed by atoms with Crippen molar-refractivity contribution in [2.24, 2.45) is 17.6 Å². The van der Waals surface area contributed by atoms with Gasteiger partial charge in [-0.05, 0) is 122 Å². The van der Waals surface area contributed by atoms with Gasteiger partial charge in [0.15, 0.2) is 0 Å². The molecule has 0 unspecified atom stereocenters. The molecular weight excluding hydrogens is 1480 g/mol. The zero-order chi connectivity index (χ0) is 80.9. The van der Waals surface area contributed by atoms with Crippen molar-refractivity contribution in [3.8, 4) is 17.2 Å². The summed E-state index contributed by atoms with van der Waals surface area (Å²) >= 11 is 9.28. The zero-order valence-corrected chi connectivity index (χ0v) is 63.8. The van der Waals surface area contributed by atoms with Gasteiger partial charge in [-0.25, -0.2) is 4.79 Å². The van der Waals surface area contributed by atoms with Gasteiger partial charge in [-0.3, -0.25) is 57.5 Å². The van der Waals surface area contributed by atoms with Crippen molar-refractivity contribution < 1.29 is 98.1 Å². The standard InChI is InChI=1S/C73H99N13O20S3/c1-36(2)28-52(65(97)83-57(35-108)73(105)106)78-68(100)56(32-43-33-75-49-11-9-8-10-47(43)49)79-67(99)54(30-41-14-20-45(90)21-15-41)80-70(102)59(37(3)4)84-69(101)55(31-42-16-22-46(91)23-17-42)82-72(104)61(39(6)88)86-64(96)51(26-27-109-7)77-66(98)53(29-40-12-18-44(89)19-13-40)81-71(103)60(38(5)87)85-63(95)50(24-25-58(92)93)76-62(94)48(74)34-107/h8-23,33,36-39,48,50-57,59-61,75,87-91,107-108H,24-32,34-35,74H2,1-7H3,(H,76,94)(H,77,98)(H,78,100)(H,79,99)(H,80,102)(H,81,103)(H,82,104)(H,83,97)(H,84,101)(H,85,95)(H,86,96)(H,92,93)(H,105,106)/t38-,39-,48+,50+,51+,52+,53+,54+,55+,56+,57+,59+,60+,61+/m1/s1. The highest BCUT2D eigenvalue weighted by Crippen LogP contribution is 2.22. The van der Waals surface area contributed by atoms with Crippen LogP contribution in [0.2, 0.25) is 0 Å². The van der Waals surface area contributed by atoms with Gasteiger partial charge in [-0.2, -0.15) is 37.0 Å². The number of carbonyl (C=O) groups is 13. The number of phenolic OH excluding ortho intramolecular Hbond substituents is 3. The van der Waals surface area contributed by atoms with Crippen LogP contribution in [0.3, 0.4) is 0 Å². The fourth-order valence-corrected chi connectivity index (χ4v) is 12.1. The number of aromatic hydroxyl groups is 3. The summed E-state index contributed by atoms with van der Waals surface area (Å²) in [6.07, 6.45) is -2.57. The van der Waals surface area contributed by atoms with Crippen LogP contribution < -0.4 is 64.2 Å². The van der Waals surface area contributed by atoms with E-state index in [0.29, 0.717) is 33.2 Å². The Labute approximate surface area is 644 Å². The molecule has 0 aliphatic heterocycles. The number of hydrogen-bond donors (Lipinski definition) is 22. The maximum absolute atomic E-state index is 15.0. The number of fused-ring (bicyclic) bond motifs is 1. The van der Waals surface area contributed by atoms with E-state index in [2.05, 4.69) is 88.7 Å². The number of rotatable bonds is 44. The van der Waals surface area contributed by atoms with Crippen LogP contribution in [-0.4, -0.2) is 226 Å². The third-order valence-electron chi connectivity index (χ3n) is 17.3. The molecule has 14 atom stereocenters. The number of nitrogens with two attached hydrogens (primary N) is 1. The minimum absolute atomic E-state index is 0.0344. The van der Waals surface area contributed by atoms with Gasteiger partial charge < -0.3 is 105 Å². The van der Waals surface area contributed by atoms with Crippen molar-refractivity contribution in [2.45, 2.75) is 178 Å². The van der Waals surface area contributed by atoms with Gasteiger partial charge in [0.05, 0.1) is 18.2 Å². The van der Waals surface area contributed by atoms with Crippen molar-refractivity contribution in [1.29, 1.82) is 0 Å². The molecule has 109 heavy (non-hydrogen) atoms. The fourth-order valence-electron chi connectivity index (χ4n) is 11.2. The summed E-state index contributed by atoms with van der Waals surface area (Å²) in [4.78, 5) is 184. The van der Waals surface area contributed by atoms with Crippen molar-refractivity contribution in [3.05, 3.63) is 126 Å². The van der Waals surface area contributed by atoms with Crippen LogP contribution in [0.1, 0.15) is 89.5 Å². The van der Waals surface area contributed by atoms with Crippen LogP contribution in [0.4, 0.5) is 0 Å². The number of carbonyl (C=O) groups excluding carboxylic acids is 11. The third kappa shape index (κ3) is 28.7. The second-order valence-corrected chi connectivity index (χ2v) is 28.7. The number of aromatic amines is 1. The van der Waals surface area contributed by atoms with Gasteiger partial charge in [0.25, 0.3) is 0 Å². The molecule has 1 heterocycles. The molecular formula is C73H99N13O20S3. The zero-order valence-electron chi connectivity index (χ0n) is 61.1. The van der Waals surface area contributed by atoms with E-state index in [4.69, 9.17) is 5.73 Å². The first-order valence-electron chi connectivity index (χ1n) is 35.0. The number of phenols is 3. The quantitative estimate of drug-likeness (QED) is 0.0213. The normalized spacial score (nSPS) is 15.2. The molecule has 5 rings (SSSR count). The molecule has 0 radical (unpaired) electrons. The van der Waals surface area contributed by atoms with Crippen LogP contribution in [0, 0.1) is 11.8 Å². The van der Waals surface area contributed by atoms with E-state index in [0.717, 1.165) is 13.8 Å². The number of nitrogens with one attached hydrogen (secondary N) is 12. The predicted molar refractivity (Wildman–Crippen MR) is 410 cm³/mol. The lowest BCUT2D eigenvalue weighted by molar-refractivity contribution is -0.141. The molecule has 0 spiro atoms. The van der Waals surface area contributed by atoms with E-state index in [-0.39, 0.29) is 78.9 Å². The Kier molecular flexibility index (Phi) is 35.9. The maximum Gasteiger partial charge on any atom is 0.327 e. The number of amides is 11. The summed E-state index contributed by atoms with van der Waals surface area (Å²) in [5.74, 6) is -15.5. The lowest BCUT2D eigenvalue weighted by Crippen LogP contribution is -2.63. The summed E-state index contributed by atoms with van der Waals surface area (Å²) in [6, 6.07) is 4.78. The van der Waals surface area contributed by atoms with Crippen molar-refractivity contribution >= 4 is 125 Å². The molecule has 36 heteroatoms. The van der Waals surface area contributed by atoms with Crippen LogP contribution in [0.5, 0.6) is 17.2 Å².